The summed E-state index contributed by atoms with van der Waals surface area (Å²) in [4.78, 5) is 13.1. The van der Waals surface area contributed by atoms with Crippen molar-refractivity contribution in [1.82, 2.24) is 4.90 Å². The highest BCUT2D eigenvalue weighted by Crippen LogP contribution is 2.32. The van der Waals surface area contributed by atoms with Crippen LogP contribution in [0.3, 0.4) is 0 Å². The lowest BCUT2D eigenvalue weighted by atomic mass is 10.0. The second kappa shape index (κ2) is 6.95. The summed E-state index contributed by atoms with van der Waals surface area (Å²) in [7, 11) is -3.86. The molecule has 0 amide bonds. The van der Waals surface area contributed by atoms with Gasteiger partial charge in [0.25, 0.3) is 0 Å². The molecule has 1 atom stereocenters. The van der Waals surface area contributed by atoms with E-state index in [0.29, 0.717) is 12.1 Å². The number of aldehydes is 1. The Labute approximate surface area is 146 Å². The van der Waals surface area contributed by atoms with Crippen LogP contribution < -0.4 is 5.14 Å². The average Bonchev–Trinajstić information content (AvgIpc) is 3.01. The summed E-state index contributed by atoms with van der Waals surface area (Å²) >= 11 is 0. The van der Waals surface area contributed by atoms with Gasteiger partial charge in [0.15, 0.2) is 0 Å². The summed E-state index contributed by atoms with van der Waals surface area (Å²) in [6, 6.07) is 11.7. The molecule has 132 valence electrons. The van der Waals surface area contributed by atoms with E-state index in [4.69, 9.17) is 5.14 Å². The molecule has 2 aromatic carbocycles. The van der Waals surface area contributed by atoms with Gasteiger partial charge in [-0.1, -0.05) is 18.2 Å². The van der Waals surface area contributed by atoms with Crippen LogP contribution in [-0.2, 0) is 21.4 Å². The molecule has 3 N–H and O–H groups in total. The number of sulfonamides is 1. The summed E-state index contributed by atoms with van der Waals surface area (Å²) < 4.78 is 22.7. The quantitative estimate of drug-likeness (QED) is 0.793. The Kier molecular flexibility index (Phi) is 4.89. The lowest BCUT2D eigenvalue weighted by molar-refractivity contribution is -0.111. The number of phenols is 1. The predicted molar refractivity (Wildman–Crippen MR) is 94.4 cm³/mol. The van der Waals surface area contributed by atoms with Crippen molar-refractivity contribution in [1.29, 1.82) is 0 Å². The molecular weight excluding hydrogens is 340 g/mol. The third kappa shape index (κ3) is 3.89. The Hall–Kier alpha value is -2.22. The second-order valence-corrected chi connectivity index (χ2v) is 7.80. The molecule has 0 radical (unpaired) electrons. The minimum absolute atomic E-state index is 0.0360. The molecule has 1 aliphatic rings. The first-order valence-electron chi connectivity index (χ1n) is 8.03. The Balaban J connectivity index is 1.88. The van der Waals surface area contributed by atoms with Gasteiger partial charge in [-0.2, -0.15) is 0 Å². The Morgan fingerprint density at radius 1 is 1.24 bits per heavy atom. The van der Waals surface area contributed by atoms with Gasteiger partial charge in [0.1, 0.15) is 12.0 Å². The zero-order valence-electron chi connectivity index (χ0n) is 13.6. The second-order valence-electron chi connectivity index (χ2n) is 6.24. The SMILES string of the molecule is NS(=O)(=O)c1ccc(-c2cccc(CN3CCC[C@@H]3C=O)c2)c(O)c1. The Morgan fingerprint density at radius 2 is 2.04 bits per heavy atom. The van der Waals surface area contributed by atoms with Gasteiger partial charge in [-0.15, -0.1) is 0 Å². The minimum Gasteiger partial charge on any atom is -0.507 e. The highest BCUT2D eigenvalue weighted by atomic mass is 32.2. The fourth-order valence-corrected chi connectivity index (χ4v) is 3.74. The van der Waals surface area contributed by atoms with Gasteiger partial charge in [0, 0.05) is 18.2 Å². The first-order valence-corrected chi connectivity index (χ1v) is 9.57. The molecule has 25 heavy (non-hydrogen) atoms. The number of aromatic hydroxyl groups is 1. The van der Waals surface area contributed by atoms with Gasteiger partial charge in [0.2, 0.25) is 10.0 Å². The third-order valence-corrected chi connectivity index (χ3v) is 5.40. The van der Waals surface area contributed by atoms with Crippen molar-refractivity contribution >= 4 is 16.3 Å². The normalized spacial score (nSPS) is 18.4. The summed E-state index contributed by atoms with van der Waals surface area (Å²) in [5.41, 5.74) is 2.33. The predicted octanol–water partition coefficient (Wildman–Crippen LogP) is 1.87. The molecule has 2 aromatic rings. The maximum Gasteiger partial charge on any atom is 0.238 e. The van der Waals surface area contributed by atoms with Crippen LogP contribution in [0.25, 0.3) is 11.1 Å². The van der Waals surface area contributed by atoms with Crippen LogP contribution in [0, 0.1) is 0 Å². The maximum atomic E-state index is 11.4. The zero-order chi connectivity index (χ0) is 18.0. The molecule has 0 saturated carbocycles. The lowest BCUT2D eigenvalue weighted by Gasteiger charge is -2.20. The molecule has 6 nitrogen and oxygen atoms in total. The summed E-state index contributed by atoms with van der Waals surface area (Å²) in [6.45, 7) is 1.55. The number of phenolic OH excluding ortho intramolecular Hbond substituents is 1. The molecule has 0 aliphatic carbocycles. The van der Waals surface area contributed by atoms with Gasteiger partial charge in [0.05, 0.1) is 10.9 Å². The highest BCUT2D eigenvalue weighted by molar-refractivity contribution is 7.89. The number of benzene rings is 2. The molecule has 3 rings (SSSR count). The molecular formula is C18H20N2O4S. The minimum atomic E-state index is -3.86. The van der Waals surface area contributed by atoms with Crippen LogP contribution >= 0.6 is 0 Å². The Bertz CT molecular complexity index is 896. The number of carbonyl (C=O) groups excluding carboxylic acids is 1. The van der Waals surface area contributed by atoms with Crippen LogP contribution in [0.1, 0.15) is 18.4 Å². The standard InChI is InChI=1S/C18H20N2O4S/c19-25(23,24)16-6-7-17(18(22)10-16)14-4-1-3-13(9-14)11-20-8-2-5-15(20)12-21/h1,3-4,6-7,9-10,12,15,22H,2,5,8,11H2,(H2,19,23,24)/t15-/m1/s1. The van der Waals surface area contributed by atoms with Crippen molar-refractivity contribution < 1.29 is 18.3 Å². The first kappa shape index (κ1) is 17.6. The molecule has 0 unspecified atom stereocenters. The molecule has 1 saturated heterocycles. The molecule has 0 bridgehead atoms. The molecule has 0 aromatic heterocycles. The van der Waals surface area contributed by atoms with E-state index >= 15 is 0 Å². The van der Waals surface area contributed by atoms with Crippen molar-refractivity contribution in [3.05, 3.63) is 48.0 Å². The number of primary sulfonamides is 1. The van der Waals surface area contributed by atoms with Crippen LogP contribution in [0.2, 0.25) is 0 Å². The van der Waals surface area contributed by atoms with Crippen molar-refractivity contribution in [3.63, 3.8) is 0 Å². The van der Waals surface area contributed by atoms with E-state index in [0.717, 1.165) is 42.9 Å². The van der Waals surface area contributed by atoms with E-state index in [2.05, 4.69) is 4.90 Å². The van der Waals surface area contributed by atoms with Gasteiger partial charge in [-0.05, 0) is 48.7 Å². The fourth-order valence-electron chi connectivity index (χ4n) is 3.21. The number of nitrogens with zero attached hydrogens (tertiary/aromatic N) is 1. The maximum absolute atomic E-state index is 11.4. The third-order valence-electron chi connectivity index (χ3n) is 4.49. The Morgan fingerprint density at radius 3 is 2.72 bits per heavy atom. The van der Waals surface area contributed by atoms with E-state index in [1.807, 2.05) is 24.3 Å². The number of nitrogens with two attached hydrogens (primary N) is 1. The van der Waals surface area contributed by atoms with Crippen molar-refractivity contribution in [3.8, 4) is 16.9 Å². The molecule has 1 aliphatic heterocycles. The number of hydrogen-bond acceptors (Lipinski definition) is 5. The van der Waals surface area contributed by atoms with Crippen molar-refractivity contribution in [2.24, 2.45) is 5.14 Å². The van der Waals surface area contributed by atoms with E-state index in [9.17, 15) is 18.3 Å². The first-order chi connectivity index (χ1) is 11.9. The number of likely N-dealkylation sites (tertiary alicyclic amines) is 1. The summed E-state index contributed by atoms with van der Waals surface area (Å²) in [5, 5.41) is 15.3. The smallest absolute Gasteiger partial charge is 0.238 e. The van der Waals surface area contributed by atoms with Gasteiger partial charge >= 0.3 is 0 Å². The van der Waals surface area contributed by atoms with Gasteiger partial charge in [-0.3, -0.25) is 4.90 Å². The zero-order valence-corrected chi connectivity index (χ0v) is 14.4. The molecule has 1 fully saturated rings. The molecule has 7 heteroatoms. The summed E-state index contributed by atoms with van der Waals surface area (Å²) in [5.74, 6) is -0.143. The van der Waals surface area contributed by atoms with Gasteiger partial charge < -0.3 is 9.90 Å². The summed E-state index contributed by atoms with van der Waals surface area (Å²) in [6.07, 6.45) is 2.90. The van der Waals surface area contributed by atoms with E-state index < -0.39 is 10.0 Å². The largest absolute Gasteiger partial charge is 0.507 e. The van der Waals surface area contributed by atoms with E-state index in [-0.39, 0.29) is 16.7 Å². The van der Waals surface area contributed by atoms with E-state index in [1.165, 1.54) is 12.1 Å². The topological polar surface area (TPSA) is 101 Å². The highest BCUT2D eigenvalue weighted by Gasteiger charge is 2.23. The number of rotatable bonds is 5. The average molecular weight is 360 g/mol. The lowest BCUT2D eigenvalue weighted by Crippen LogP contribution is -2.29. The molecule has 0 spiro atoms. The van der Waals surface area contributed by atoms with Crippen LogP contribution in [0.5, 0.6) is 5.75 Å². The van der Waals surface area contributed by atoms with Crippen molar-refractivity contribution in [2.75, 3.05) is 6.54 Å². The fraction of sp³-hybridized carbons (Fsp3) is 0.278. The van der Waals surface area contributed by atoms with Gasteiger partial charge in [-0.25, -0.2) is 13.6 Å². The van der Waals surface area contributed by atoms with Crippen LogP contribution in [0.4, 0.5) is 0 Å². The van der Waals surface area contributed by atoms with E-state index in [1.54, 1.807) is 0 Å². The van der Waals surface area contributed by atoms with Crippen molar-refractivity contribution in [2.45, 2.75) is 30.3 Å². The number of hydrogen-bond donors (Lipinski definition) is 2. The number of carbonyl (C=O) groups is 1. The van der Waals surface area contributed by atoms with Crippen LogP contribution in [0.15, 0.2) is 47.4 Å². The van der Waals surface area contributed by atoms with Crippen LogP contribution in [-0.4, -0.2) is 37.3 Å². The monoisotopic (exact) mass is 360 g/mol. The molecule has 1 heterocycles.